The van der Waals surface area contributed by atoms with Gasteiger partial charge in [-0.2, -0.15) is 0 Å². The summed E-state index contributed by atoms with van der Waals surface area (Å²) in [7, 11) is 1.80. The second kappa shape index (κ2) is 10.3. The van der Waals surface area contributed by atoms with E-state index in [0.29, 0.717) is 27.6 Å². The molecule has 0 atom stereocenters. The number of hydrogen-bond donors (Lipinski definition) is 2. The third-order valence-corrected chi connectivity index (χ3v) is 6.38. The zero-order valence-electron chi connectivity index (χ0n) is 16.1. The number of hydrogen-bond acceptors (Lipinski definition) is 5. The van der Waals surface area contributed by atoms with Crippen LogP contribution in [0.25, 0.3) is 0 Å². The fraction of sp³-hybridized carbons (Fsp3) is 0.474. The zero-order valence-corrected chi connectivity index (χ0v) is 18.4. The summed E-state index contributed by atoms with van der Waals surface area (Å²) in [6.07, 6.45) is 5.72. The summed E-state index contributed by atoms with van der Waals surface area (Å²) in [5.74, 6) is 0.557. The number of amides is 2. The van der Waals surface area contributed by atoms with Crippen molar-refractivity contribution in [2.24, 2.45) is 7.05 Å². The minimum Gasteiger partial charge on any atom is -0.353 e. The van der Waals surface area contributed by atoms with Gasteiger partial charge >= 0.3 is 0 Å². The van der Waals surface area contributed by atoms with E-state index in [1.807, 2.05) is 0 Å². The molecule has 1 aromatic carbocycles. The SMILES string of the molecule is Cn1c(CNC(=O)c2ccc(Cl)cc2Cl)nnc1SCC(=O)NC1CCCCC1. The van der Waals surface area contributed by atoms with Crippen molar-refractivity contribution in [3.8, 4) is 0 Å². The standard InChI is InChI=1S/C19H23Cl2N5O2S/c1-26-16(10-22-18(28)14-8-7-12(20)9-15(14)21)24-25-19(26)29-11-17(27)23-13-5-3-2-4-6-13/h7-9,13H,2-6,10-11H2,1H3,(H,22,28)(H,23,27). The number of carbonyl (C=O) groups excluding carboxylic acids is 2. The van der Waals surface area contributed by atoms with Gasteiger partial charge in [-0.05, 0) is 31.0 Å². The van der Waals surface area contributed by atoms with Gasteiger partial charge in [-0.25, -0.2) is 0 Å². The number of carbonyl (C=O) groups is 2. The second-order valence-corrected chi connectivity index (χ2v) is 8.74. The molecule has 10 heteroatoms. The average Bonchev–Trinajstić information content (AvgIpc) is 3.05. The van der Waals surface area contributed by atoms with Crippen LogP contribution in [0.5, 0.6) is 0 Å². The number of halogens is 2. The van der Waals surface area contributed by atoms with Gasteiger partial charge in [0.1, 0.15) is 0 Å². The highest BCUT2D eigenvalue weighted by Gasteiger charge is 2.17. The zero-order chi connectivity index (χ0) is 20.8. The fourth-order valence-electron chi connectivity index (χ4n) is 3.20. The third-order valence-electron chi connectivity index (χ3n) is 4.81. The minimum absolute atomic E-state index is 0.0112. The molecule has 0 bridgehead atoms. The summed E-state index contributed by atoms with van der Waals surface area (Å²) >= 11 is 13.2. The Labute approximate surface area is 183 Å². The maximum atomic E-state index is 12.3. The highest BCUT2D eigenvalue weighted by atomic mass is 35.5. The molecular formula is C19H23Cl2N5O2S. The molecule has 1 saturated carbocycles. The van der Waals surface area contributed by atoms with E-state index < -0.39 is 0 Å². The first kappa shape index (κ1) is 21.9. The highest BCUT2D eigenvalue weighted by molar-refractivity contribution is 7.99. The Morgan fingerprint density at radius 1 is 1.21 bits per heavy atom. The summed E-state index contributed by atoms with van der Waals surface area (Å²) in [5.41, 5.74) is 0.340. The molecule has 1 aliphatic carbocycles. The van der Waals surface area contributed by atoms with Crippen molar-refractivity contribution in [1.82, 2.24) is 25.4 Å². The van der Waals surface area contributed by atoms with Gasteiger partial charge in [-0.3, -0.25) is 9.59 Å². The van der Waals surface area contributed by atoms with Crippen LogP contribution in [0.3, 0.4) is 0 Å². The Bertz CT molecular complexity index is 883. The lowest BCUT2D eigenvalue weighted by molar-refractivity contribution is -0.119. The van der Waals surface area contributed by atoms with E-state index in [1.165, 1.54) is 37.1 Å². The Morgan fingerprint density at radius 3 is 2.69 bits per heavy atom. The van der Waals surface area contributed by atoms with Gasteiger partial charge in [0.05, 0.1) is 22.9 Å². The number of aromatic nitrogens is 3. The van der Waals surface area contributed by atoms with E-state index in [1.54, 1.807) is 23.7 Å². The summed E-state index contributed by atoms with van der Waals surface area (Å²) in [4.78, 5) is 24.5. The first-order valence-corrected chi connectivity index (χ1v) is 11.2. The molecule has 0 unspecified atom stereocenters. The van der Waals surface area contributed by atoms with Gasteiger partial charge in [0.2, 0.25) is 5.91 Å². The molecule has 2 N–H and O–H groups in total. The molecule has 2 aromatic rings. The lowest BCUT2D eigenvalue weighted by Gasteiger charge is -2.22. The van der Waals surface area contributed by atoms with Crippen LogP contribution in [0.4, 0.5) is 0 Å². The smallest absolute Gasteiger partial charge is 0.253 e. The predicted molar refractivity (Wildman–Crippen MR) is 114 cm³/mol. The molecule has 1 aromatic heterocycles. The maximum absolute atomic E-state index is 12.3. The average molecular weight is 456 g/mol. The third kappa shape index (κ3) is 6.10. The normalized spacial score (nSPS) is 14.6. The van der Waals surface area contributed by atoms with Crippen molar-refractivity contribution in [1.29, 1.82) is 0 Å². The Morgan fingerprint density at radius 2 is 1.97 bits per heavy atom. The Hall–Kier alpha value is -1.77. The Balaban J connectivity index is 1.49. The molecule has 156 valence electrons. The van der Waals surface area contributed by atoms with Crippen LogP contribution in [0, 0.1) is 0 Å². The van der Waals surface area contributed by atoms with E-state index in [4.69, 9.17) is 23.2 Å². The largest absolute Gasteiger partial charge is 0.353 e. The van der Waals surface area contributed by atoms with Gasteiger partial charge in [0, 0.05) is 18.1 Å². The van der Waals surface area contributed by atoms with Crippen LogP contribution in [0.1, 0.15) is 48.3 Å². The molecule has 29 heavy (non-hydrogen) atoms. The summed E-state index contributed by atoms with van der Waals surface area (Å²) in [5, 5.41) is 15.5. The van der Waals surface area contributed by atoms with Crippen LogP contribution >= 0.6 is 35.0 Å². The van der Waals surface area contributed by atoms with Crippen LogP contribution in [0.2, 0.25) is 10.0 Å². The van der Waals surface area contributed by atoms with Crippen LogP contribution in [0.15, 0.2) is 23.4 Å². The molecule has 1 fully saturated rings. The van der Waals surface area contributed by atoms with E-state index in [9.17, 15) is 9.59 Å². The van der Waals surface area contributed by atoms with E-state index >= 15 is 0 Å². The molecule has 3 rings (SSSR count). The first-order valence-electron chi connectivity index (χ1n) is 9.47. The summed E-state index contributed by atoms with van der Waals surface area (Å²) in [6.45, 7) is 0.191. The molecule has 1 aliphatic rings. The number of nitrogens with one attached hydrogen (secondary N) is 2. The number of benzene rings is 1. The van der Waals surface area contributed by atoms with Crippen LogP contribution < -0.4 is 10.6 Å². The predicted octanol–water partition coefficient (Wildman–Crippen LogP) is 3.59. The van der Waals surface area contributed by atoms with Crippen LogP contribution in [-0.4, -0.2) is 38.4 Å². The van der Waals surface area contributed by atoms with Gasteiger partial charge in [-0.15, -0.1) is 10.2 Å². The molecule has 0 spiro atoms. The molecule has 2 amide bonds. The maximum Gasteiger partial charge on any atom is 0.253 e. The van der Waals surface area contributed by atoms with Crippen LogP contribution in [-0.2, 0) is 18.4 Å². The first-order chi connectivity index (χ1) is 13.9. The molecule has 0 radical (unpaired) electrons. The molecule has 7 nitrogen and oxygen atoms in total. The van der Waals surface area contributed by atoms with Crippen molar-refractivity contribution in [3.05, 3.63) is 39.6 Å². The van der Waals surface area contributed by atoms with Gasteiger partial charge in [0.25, 0.3) is 5.91 Å². The summed E-state index contributed by atoms with van der Waals surface area (Å²) in [6, 6.07) is 5.00. The van der Waals surface area contributed by atoms with Gasteiger partial charge in [-0.1, -0.05) is 54.2 Å². The number of nitrogens with zero attached hydrogens (tertiary/aromatic N) is 3. The molecular weight excluding hydrogens is 433 g/mol. The summed E-state index contributed by atoms with van der Waals surface area (Å²) < 4.78 is 1.77. The highest BCUT2D eigenvalue weighted by Crippen LogP contribution is 2.21. The van der Waals surface area contributed by atoms with Gasteiger partial charge < -0.3 is 15.2 Å². The minimum atomic E-state index is -0.323. The number of thioether (sulfide) groups is 1. The van der Waals surface area contributed by atoms with E-state index in [2.05, 4.69) is 20.8 Å². The van der Waals surface area contributed by atoms with Gasteiger partial charge in [0.15, 0.2) is 11.0 Å². The van der Waals surface area contributed by atoms with E-state index in [0.717, 1.165) is 12.8 Å². The lowest BCUT2D eigenvalue weighted by atomic mass is 9.95. The fourth-order valence-corrected chi connectivity index (χ4v) is 4.43. The molecule has 0 aliphatic heterocycles. The van der Waals surface area contributed by atoms with Crippen molar-refractivity contribution >= 4 is 46.8 Å². The molecule has 1 heterocycles. The Kier molecular flexibility index (Phi) is 7.80. The van der Waals surface area contributed by atoms with Crippen molar-refractivity contribution in [2.45, 2.75) is 49.8 Å². The van der Waals surface area contributed by atoms with E-state index in [-0.39, 0.29) is 29.1 Å². The quantitative estimate of drug-likeness (QED) is 0.622. The number of rotatable bonds is 7. The lowest BCUT2D eigenvalue weighted by Crippen LogP contribution is -2.37. The van der Waals surface area contributed by atoms with Crippen molar-refractivity contribution < 1.29 is 9.59 Å². The van der Waals surface area contributed by atoms with Crippen molar-refractivity contribution in [2.75, 3.05) is 5.75 Å². The second-order valence-electron chi connectivity index (χ2n) is 6.96. The molecule has 0 saturated heterocycles. The topological polar surface area (TPSA) is 88.9 Å². The van der Waals surface area contributed by atoms with Crippen molar-refractivity contribution in [3.63, 3.8) is 0 Å². The monoisotopic (exact) mass is 455 g/mol.